The van der Waals surface area contributed by atoms with Gasteiger partial charge in [-0.3, -0.25) is 9.20 Å². The van der Waals surface area contributed by atoms with Gasteiger partial charge in [-0.25, -0.2) is 0 Å². The number of rotatable bonds is 5. The van der Waals surface area contributed by atoms with Crippen LogP contribution in [0.4, 0.5) is 0 Å². The summed E-state index contributed by atoms with van der Waals surface area (Å²) in [4.78, 5) is 16.4. The van der Waals surface area contributed by atoms with E-state index in [1.807, 2.05) is 36.6 Å². The molecule has 4 rings (SSSR count). The molecule has 0 unspecified atom stereocenters. The number of hydrogen-bond acceptors (Lipinski definition) is 6. The van der Waals surface area contributed by atoms with Crippen LogP contribution in [0.3, 0.4) is 0 Å². The number of fused-ring (bicyclic) bond motifs is 1. The lowest BCUT2D eigenvalue weighted by molar-refractivity contribution is -0.127. The minimum absolute atomic E-state index is 0.0950. The summed E-state index contributed by atoms with van der Waals surface area (Å²) in [6.45, 7) is 4.37. The third-order valence-corrected chi connectivity index (χ3v) is 4.59. The molecule has 8 nitrogen and oxygen atoms in total. The fourth-order valence-electron chi connectivity index (χ4n) is 2.81. The lowest BCUT2D eigenvalue weighted by Crippen LogP contribution is -2.34. The van der Waals surface area contributed by atoms with E-state index in [4.69, 9.17) is 4.52 Å². The lowest BCUT2D eigenvalue weighted by Gasteiger charge is -2.23. The molecule has 0 saturated heterocycles. The Morgan fingerprint density at radius 3 is 2.92 bits per heavy atom. The SMILES string of the molecule is CC(C)c1noc(-c2cccn3c(CNC(=O)C4CCC4)nnc23)n1. The maximum Gasteiger partial charge on any atom is 0.261 e. The predicted octanol–water partition coefficient (Wildman–Crippen LogP) is 2.32. The molecule has 0 radical (unpaired) electrons. The maximum atomic E-state index is 12.0. The van der Waals surface area contributed by atoms with Gasteiger partial charge in [-0.2, -0.15) is 4.98 Å². The molecule has 3 aromatic heterocycles. The Kier molecular flexibility index (Phi) is 3.95. The average molecular weight is 340 g/mol. The Morgan fingerprint density at radius 1 is 1.40 bits per heavy atom. The number of carbonyl (C=O) groups excluding carboxylic acids is 1. The van der Waals surface area contributed by atoms with Crippen molar-refractivity contribution in [2.75, 3.05) is 0 Å². The van der Waals surface area contributed by atoms with Gasteiger partial charge < -0.3 is 9.84 Å². The quantitative estimate of drug-likeness (QED) is 0.765. The summed E-state index contributed by atoms with van der Waals surface area (Å²) >= 11 is 0. The summed E-state index contributed by atoms with van der Waals surface area (Å²) in [5, 5.41) is 15.4. The molecule has 1 saturated carbocycles. The minimum atomic E-state index is 0.0950. The first-order valence-electron chi connectivity index (χ1n) is 8.58. The smallest absolute Gasteiger partial charge is 0.261 e. The zero-order valence-electron chi connectivity index (χ0n) is 14.3. The highest BCUT2D eigenvalue weighted by Crippen LogP contribution is 2.26. The van der Waals surface area contributed by atoms with E-state index in [-0.39, 0.29) is 17.7 Å². The number of aromatic nitrogens is 5. The van der Waals surface area contributed by atoms with Crippen LogP contribution < -0.4 is 5.32 Å². The van der Waals surface area contributed by atoms with Gasteiger partial charge in [0, 0.05) is 18.0 Å². The lowest BCUT2D eigenvalue weighted by atomic mass is 9.85. The van der Waals surface area contributed by atoms with Crippen molar-refractivity contribution in [3.05, 3.63) is 30.0 Å². The molecule has 1 N–H and O–H groups in total. The van der Waals surface area contributed by atoms with Gasteiger partial charge >= 0.3 is 0 Å². The van der Waals surface area contributed by atoms with Gasteiger partial charge in [-0.1, -0.05) is 25.4 Å². The van der Waals surface area contributed by atoms with Gasteiger partial charge in [0.15, 0.2) is 17.3 Å². The summed E-state index contributed by atoms with van der Waals surface area (Å²) in [5.41, 5.74) is 1.36. The van der Waals surface area contributed by atoms with E-state index in [9.17, 15) is 4.79 Å². The van der Waals surface area contributed by atoms with Crippen LogP contribution in [0.1, 0.15) is 50.7 Å². The molecule has 1 aliphatic carbocycles. The molecule has 3 heterocycles. The first-order valence-corrected chi connectivity index (χ1v) is 8.58. The Balaban J connectivity index is 1.59. The molecule has 0 aliphatic heterocycles. The fourth-order valence-corrected chi connectivity index (χ4v) is 2.81. The first-order chi connectivity index (χ1) is 12.1. The third-order valence-electron chi connectivity index (χ3n) is 4.59. The highest BCUT2D eigenvalue weighted by molar-refractivity contribution is 5.79. The summed E-state index contributed by atoms with van der Waals surface area (Å²) in [6.07, 6.45) is 4.96. The molecule has 0 spiro atoms. The topological polar surface area (TPSA) is 98.2 Å². The Hall–Kier alpha value is -2.77. The number of nitrogens with zero attached hydrogens (tertiary/aromatic N) is 5. The average Bonchev–Trinajstić information content (AvgIpc) is 3.18. The number of amides is 1. The zero-order valence-corrected chi connectivity index (χ0v) is 14.3. The van der Waals surface area contributed by atoms with E-state index in [1.54, 1.807) is 0 Å². The van der Waals surface area contributed by atoms with Crippen molar-refractivity contribution >= 4 is 11.6 Å². The largest absolute Gasteiger partial charge is 0.349 e. The second kappa shape index (κ2) is 6.27. The van der Waals surface area contributed by atoms with Gasteiger partial charge in [0.05, 0.1) is 12.1 Å². The van der Waals surface area contributed by atoms with Crippen molar-refractivity contribution in [2.24, 2.45) is 5.92 Å². The number of carbonyl (C=O) groups is 1. The van der Waals surface area contributed by atoms with E-state index >= 15 is 0 Å². The van der Waals surface area contributed by atoms with Crippen LogP contribution in [-0.4, -0.2) is 30.6 Å². The molecule has 8 heteroatoms. The molecule has 130 valence electrons. The van der Waals surface area contributed by atoms with Crippen LogP contribution in [0.25, 0.3) is 17.1 Å². The summed E-state index contributed by atoms with van der Waals surface area (Å²) < 4.78 is 7.21. The van der Waals surface area contributed by atoms with Crippen molar-refractivity contribution < 1.29 is 9.32 Å². The van der Waals surface area contributed by atoms with Crippen molar-refractivity contribution in [1.82, 2.24) is 30.1 Å². The Morgan fingerprint density at radius 2 is 2.24 bits per heavy atom. The molecular weight excluding hydrogens is 320 g/mol. The number of nitrogens with one attached hydrogen (secondary N) is 1. The van der Waals surface area contributed by atoms with E-state index in [0.717, 1.165) is 24.8 Å². The normalized spacial score (nSPS) is 14.8. The highest BCUT2D eigenvalue weighted by Gasteiger charge is 2.25. The first kappa shape index (κ1) is 15.7. The molecular formula is C17H20N6O2. The molecule has 0 bridgehead atoms. The van der Waals surface area contributed by atoms with Crippen molar-refractivity contribution in [1.29, 1.82) is 0 Å². The predicted molar refractivity (Wildman–Crippen MR) is 89.6 cm³/mol. The maximum absolute atomic E-state index is 12.0. The molecule has 1 amide bonds. The van der Waals surface area contributed by atoms with Crippen molar-refractivity contribution in [3.8, 4) is 11.5 Å². The summed E-state index contributed by atoms with van der Waals surface area (Å²) in [5.74, 6) is 2.19. The van der Waals surface area contributed by atoms with Gasteiger partial charge in [0.25, 0.3) is 5.89 Å². The van der Waals surface area contributed by atoms with Crippen molar-refractivity contribution in [2.45, 2.75) is 45.6 Å². The van der Waals surface area contributed by atoms with E-state index in [2.05, 4.69) is 25.7 Å². The second-order valence-electron chi connectivity index (χ2n) is 6.69. The van der Waals surface area contributed by atoms with Gasteiger partial charge in [0.2, 0.25) is 5.91 Å². The van der Waals surface area contributed by atoms with Crippen LogP contribution >= 0.6 is 0 Å². The van der Waals surface area contributed by atoms with Crippen molar-refractivity contribution in [3.63, 3.8) is 0 Å². The Labute approximate surface area is 144 Å². The number of pyridine rings is 1. The van der Waals surface area contributed by atoms with Gasteiger partial charge in [0.1, 0.15) is 0 Å². The summed E-state index contributed by atoms with van der Waals surface area (Å²) in [6, 6.07) is 3.75. The Bertz CT molecular complexity index is 909. The molecule has 3 aromatic rings. The molecule has 1 fully saturated rings. The minimum Gasteiger partial charge on any atom is -0.349 e. The van der Waals surface area contributed by atoms with Crippen LogP contribution in [0.15, 0.2) is 22.9 Å². The second-order valence-corrected chi connectivity index (χ2v) is 6.69. The van der Waals surface area contributed by atoms with E-state index in [1.165, 1.54) is 0 Å². The number of hydrogen-bond donors (Lipinski definition) is 1. The van der Waals surface area contributed by atoms with Crippen LogP contribution in [0.5, 0.6) is 0 Å². The molecule has 1 aliphatic rings. The zero-order chi connectivity index (χ0) is 17.4. The molecule has 0 atom stereocenters. The van der Waals surface area contributed by atoms with Crippen LogP contribution in [-0.2, 0) is 11.3 Å². The fraction of sp³-hybridized carbons (Fsp3) is 0.471. The monoisotopic (exact) mass is 340 g/mol. The van der Waals surface area contributed by atoms with Crippen LogP contribution in [0, 0.1) is 5.92 Å². The van der Waals surface area contributed by atoms with E-state index in [0.29, 0.717) is 29.7 Å². The highest BCUT2D eigenvalue weighted by atomic mass is 16.5. The van der Waals surface area contributed by atoms with Gasteiger partial charge in [-0.05, 0) is 25.0 Å². The van der Waals surface area contributed by atoms with Crippen LogP contribution in [0.2, 0.25) is 0 Å². The van der Waals surface area contributed by atoms with E-state index < -0.39 is 0 Å². The van der Waals surface area contributed by atoms with Gasteiger partial charge in [-0.15, -0.1) is 10.2 Å². The summed E-state index contributed by atoms with van der Waals surface area (Å²) in [7, 11) is 0. The molecule has 0 aromatic carbocycles. The molecule has 25 heavy (non-hydrogen) atoms. The standard InChI is InChI=1S/C17H20N6O2/c1-10(2)14-19-17(25-22-14)12-7-4-8-23-13(20-21-15(12)23)9-18-16(24)11-5-3-6-11/h4,7-8,10-11H,3,5-6,9H2,1-2H3,(H,18,24). The third kappa shape index (κ3) is 2.88.